The Hall–Kier alpha value is -4.05. The Morgan fingerprint density at radius 3 is 2.44 bits per heavy atom. The fourth-order valence-electron chi connectivity index (χ4n) is 5.43. The van der Waals surface area contributed by atoms with Crippen molar-refractivity contribution in [1.82, 2.24) is 25.3 Å². The minimum Gasteiger partial charge on any atom is -0.367 e. The van der Waals surface area contributed by atoms with Crippen LogP contribution in [0.4, 0.5) is 4.39 Å². The molecule has 2 heterocycles. The summed E-state index contributed by atoms with van der Waals surface area (Å²) < 4.78 is 16.4. The second kappa shape index (κ2) is 12.2. The first-order valence-electron chi connectivity index (χ1n) is 14.2. The molecule has 3 amide bonds. The number of primary amides is 1. The van der Waals surface area contributed by atoms with Crippen LogP contribution in [0.5, 0.6) is 0 Å². The first-order chi connectivity index (χ1) is 19.7. The second-order valence-corrected chi connectivity index (χ2v) is 11.1. The lowest BCUT2D eigenvalue weighted by atomic mass is 9.92. The van der Waals surface area contributed by atoms with Gasteiger partial charge in [-0.05, 0) is 68.6 Å². The van der Waals surface area contributed by atoms with Crippen LogP contribution in [0, 0.1) is 6.92 Å². The number of hydrogen-bond donors (Lipinski definition) is 3. The van der Waals surface area contributed by atoms with Gasteiger partial charge in [0.2, 0.25) is 5.91 Å². The van der Waals surface area contributed by atoms with Crippen molar-refractivity contribution in [2.45, 2.75) is 62.7 Å². The molecule has 2 aromatic carbocycles. The van der Waals surface area contributed by atoms with Crippen molar-refractivity contribution in [1.29, 1.82) is 0 Å². The Labute approximate surface area is 239 Å². The van der Waals surface area contributed by atoms with Crippen LogP contribution in [0.15, 0.2) is 67.0 Å². The quantitative estimate of drug-likeness (QED) is 0.311. The number of likely N-dealkylation sites (tertiary alicyclic amines) is 1. The van der Waals surface area contributed by atoms with Crippen molar-refractivity contribution < 1.29 is 18.8 Å². The summed E-state index contributed by atoms with van der Waals surface area (Å²) in [6.07, 6.45) is 5.38. The van der Waals surface area contributed by atoms with Crippen LogP contribution in [0.2, 0.25) is 0 Å². The van der Waals surface area contributed by atoms with Crippen molar-refractivity contribution in [2.75, 3.05) is 19.6 Å². The van der Waals surface area contributed by atoms with Gasteiger partial charge in [-0.15, -0.1) is 0 Å². The van der Waals surface area contributed by atoms with Crippen molar-refractivity contribution in [3.05, 3.63) is 83.7 Å². The van der Waals surface area contributed by atoms with E-state index in [-0.39, 0.29) is 37.7 Å². The van der Waals surface area contributed by atoms with Gasteiger partial charge in [0.15, 0.2) is 5.67 Å². The number of aromatic nitrogens is 2. The zero-order valence-corrected chi connectivity index (χ0v) is 23.3. The summed E-state index contributed by atoms with van der Waals surface area (Å²) in [5, 5.41) is 10.7. The van der Waals surface area contributed by atoms with Crippen LogP contribution in [0.1, 0.15) is 59.5 Å². The smallest absolute Gasteiger partial charge is 0.255 e. The van der Waals surface area contributed by atoms with E-state index in [1.54, 1.807) is 35.1 Å². The van der Waals surface area contributed by atoms with Gasteiger partial charge < -0.3 is 21.3 Å². The zero-order valence-electron chi connectivity index (χ0n) is 23.3. The lowest BCUT2D eigenvalue weighted by Crippen LogP contribution is -2.55. The predicted molar refractivity (Wildman–Crippen MR) is 153 cm³/mol. The number of rotatable bonds is 11. The zero-order chi connectivity index (χ0) is 29.0. The van der Waals surface area contributed by atoms with Gasteiger partial charge in [-0.25, -0.2) is 9.07 Å². The van der Waals surface area contributed by atoms with Crippen LogP contribution in [-0.4, -0.2) is 69.8 Å². The summed E-state index contributed by atoms with van der Waals surface area (Å²) in [6.45, 7) is 2.93. The number of nitrogens with one attached hydrogen (secondary N) is 2. The Morgan fingerprint density at radius 1 is 1.10 bits per heavy atom. The average molecular weight is 561 g/mol. The van der Waals surface area contributed by atoms with Crippen molar-refractivity contribution >= 4 is 17.7 Å². The number of aryl methyl sites for hydroxylation is 1. The molecule has 3 aromatic rings. The highest BCUT2D eigenvalue weighted by molar-refractivity contribution is 5.97. The van der Waals surface area contributed by atoms with Gasteiger partial charge in [-0.3, -0.25) is 14.4 Å². The fourth-order valence-corrected chi connectivity index (χ4v) is 5.43. The molecule has 0 unspecified atom stereocenters. The van der Waals surface area contributed by atoms with Crippen molar-refractivity contribution in [3.63, 3.8) is 0 Å². The third-order valence-corrected chi connectivity index (χ3v) is 8.18. The number of benzene rings is 2. The van der Waals surface area contributed by atoms with Gasteiger partial charge in [0, 0.05) is 55.8 Å². The minimum absolute atomic E-state index is 0.0712. The van der Waals surface area contributed by atoms with E-state index < -0.39 is 17.6 Å². The number of nitrogens with zero attached hydrogens (tertiary/aromatic N) is 3. The van der Waals surface area contributed by atoms with Gasteiger partial charge in [0.1, 0.15) is 6.04 Å². The largest absolute Gasteiger partial charge is 0.367 e. The van der Waals surface area contributed by atoms with Crippen LogP contribution >= 0.6 is 0 Å². The number of carbonyl (C=O) groups is 3. The summed E-state index contributed by atoms with van der Waals surface area (Å²) >= 11 is 0. The van der Waals surface area contributed by atoms with Gasteiger partial charge in [0.05, 0.1) is 5.69 Å². The van der Waals surface area contributed by atoms with Gasteiger partial charge in [0.25, 0.3) is 11.8 Å². The molecule has 3 atom stereocenters. The first-order valence-corrected chi connectivity index (χ1v) is 14.2. The standard InChI is InChI=1S/C31H37FN6O3/c1-21-5-7-22(8-6-21)25-20-27(25)34-15-2-4-26(29(40)37-18-13-31(32,14-19-37)30(33)41)36-28(39)23-9-11-24(12-10-23)38-17-3-16-35-38/h3,5-12,16-17,25-27,34H,2,4,13-15,18-20H2,1H3,(H2,33,41)(H,36,39)/t25-,26+,27+/m0/s1. The summed E-state index contributed by atoms with van der Waals surface area (Å²) in [4.78, 5) is 39.7. The van der Waals surface area contributed by atoms with E-state index in [1.807, 2.05) is 12.3 Å². The number of amides is 3. The molecule has 216 valence electrons. The molecule has 1 aliphatic heterocycles. The maximum absolute atomic E-state index is 14.7. The molecular formula is C31H37FN6O3. The van der Waals surface area contributed by atoms with Crippen LogP contribution in [0.25, 0.3) is 5.69 Å². The number of halogens is 1. The maximum atomic E-state index is 14.7. The molecule has 5 rings (SSSR count). The SMILES string of the molecule is Cc1ccc([C@@H]2C[C@H]2NCCC[C@@H](NC(=O)c2ccc(-n3cccn3)cc2)C(=O)N2CCC(F)(C(N)=O)CC2)cc1. The Morgan fingerprint density at radius 2 is 1.80 bits per heavy atom. The number of nitrogens with two attached hydrogens (primary N) is 1. The Kier molecular flexibility index (Phi) is 8.49. The van der Waals surface area contributed by atoms with Crippen LogP contribution < -0.4 is 16.4 Å². The average Bonchev–Trinajstić information content (AvgIpc) is 3.53. The summed E-state index contributed by atoms with van der Waals surface area (Å²) in [6, 6.07) is 17.0. The molecule has 9 nitrogen and oxygen atoms in total. The van der Waals surface area contributed by atoms with E-state index in [4.69, 9.17) is 5.73 Å². The second-order valence-electron chi connectivity index (χ2n) is 11.1. The number of carbonyl (C=O) groups excluding carboxylic acids is 3. The molecule has 2 fully saturated rings. The first kappa shape index (κ1) is 28.5. The third-order valence-electron chi connectivity index (χ3n) is 8.18. The van der Waals surface area contributed by atoms with Crippen molar-refractivity contribution in [2.24, 2.45) is 5.73 Å². The number of piperidine rings is 1. The molecule has 4 N–H and O–H groups in total. The number of hydrogen-bond acceptors (Lipinski definition) is 5. The lowest BCUT2D eigenvalue weighted by Gasteiger charge is -2.36. The Balaban J connectivity index is 1.19. The molecule has 2 aliphatic rings. The van der Waals surface area contributed by atoms with E-state index in [0.29, 0.717) is 36.9 Å². The molecule has 1 saturated heterocycles. The lowest BCUT2D eigenvalue weighted by molar-refractivity contribution is -0.141. The summed E-state index contributed by atoms with van der Waals surface area (Å²) in [7, 11) is 0. The topological polar surface area (TPSA) is 122 Å². The normalized spacial score (nSPS) is 20.3. The monoisotopic (exact) mass is 560 g/mol. The Bertz CT molecular complexity index is 1350. The molecule has 41 heavy (non-hydrogen) atoms. The van der Waals surface area contributed by atoms with E-state index in [2.05, 4.69) is 46.9 Å². The summed E-state index contributed by atoms with van der Waals surface area (Å²) in [5.74, 6) is -1.14. The van der Waals surface area contributed by atoms with E-state index in [9.17, 15) is 18.8 Å². The van der Waals surface area contributed by atoms with Gasteiger partial charge in [-0.1, -0.05) is 29.8 Å². The van der Waals surface area contributed by atoms with E-state index in [1.165, 1.54) is 16.0 Å². The molecular weight excluding hydrogens is 523 g/mol. The molecule has 10 heteroatoms. The van der Waals surface area contributed by atoms with Crippen molar-refractivity contribution in [3.8, 4) is 5.69 Å². The van der Waals surface area contributed by atoms with E-state index >= 15 is 0 Å². The summed E-state index contributed by atoms with van der Waals surface area (Å²) in [5.41, 5.74) is 6.93. The number of alkyl halides is 1. The fraction of sp³-hybridized carbons (Fsp3) is 0.419. The molecule has 1 aromatic heterocycles. The van der Waals surface area contributed by atoms with Gasteiger partial charge in [-0.2, -0.15) is 5.10 Å². The van der Waals surface area contributed by atoms with Gasteiger partial charge >= 0.3 is 0 Å². The van der Waals surface area contributed by atoms with E-state index in [0.717, 1.165) is 12.1 Å². The maximum Gasteiger partial charge on any atom is 0.255 e. The molecule has 0 spiro atoms. The molecule has 1 aliphatic carbocycles. The third kappa shape index (κ3) is 6.82. The highest BCUT2D eigenvalue weighted by Gasteiger charge is 2.42. The van der Waals surface area contributed by atoms with Crippen LogP contribution in [-0.2, 0) is 9.59 Å². The molecule has 1 saturated carbocycles. The molecule has 0 bridgehead atoms. The predicted octanol–water partition coefficient (Wildman–Crippen LogP) is 3.02. The molecule has 0 radical (unpaired) electrons. The highest BCUT2D eigenvalue weighted by atomic mass is 19.1. The highest BCUT2D eigenvalue weighted by Crippen LogP contribution is 2.40. The minimum atomic E-state index is -2.10. The van der Waals surface area contributed by atoms with Crippen LogP contribution in [0.3, 0.4) is 0 Å².